The number of thioether (sulfide) groups is 1. The number of H-pyrrole nitrogens is 1. The molecule has 6 aromatic rings. The summed E-state index contributed by atoms with van der Waals surface area (Å²) >= 11 is 8.99. The van der Waals surface area contributed by atoms with E-state index in [-0.39, 0.29) is 40.9 Å². The number of benzene rings is 3. The molecule has 6 nitrogen and oxygen atoms in total. The van der Waals surface area contributed by atoms with E-state index in [2.05, 4.69) is 15.1 Å². The maximum absolute atomic E-state index is 13.7. The Morgan fingerprint density at radius 1 is 0.972 bits per heavy atom. The molecule has 0 aliphatic carbocycles. The van der Waals surface area contributed by atoms with E-state index in [1.54, 1.807) is 30.0 Å². The topological polar surface area (TPSA) is 86.6 Å². The summed E-state index contributed by atoms with van der Waals surface area (Å²) in [5.74, 6) is 0.293. The average Bonchev–Trinajstić information content (AvgIpc) is 3.44. The Kier molecular flexibility index (Phi) is 7.25. The van der Waals surface area contributed by atoms with Gasteiger partial charge in [-0.2, -0.15) is 4.68 Å². The van der Waals surface area contributed by atoms with Gasteiger partial charge in [-0.15, -0.1) is 11.8 Å². The summed E-state index contributed by atoms with van der Waals surface area (Å²) in [6, 6.07) is 23.8. The minimum atomic E-state index is -0.294. The van der Waals surface area contributed by atoms with Crippen molar-refractivity contribution in [1.82, 2.24) is 19.7 Å². The Hall–Kier alpha value is -2.59. The third-order valence-electron chi connectivity index (χ3n) is 5.57. The molecule has 0 atom stereocenters. The molecule has 172 valence electrons. The van der Waals surface area contributed by atoms with Crippen LogP contribution in [0.2, 0.25) is 5.02 Å². The van der Waals surface area contributed by atoms with Gasteiger partial charge in [0.15, 0.2) is 0 Å². The Morgan fingerprint density at radius 2 is 1.69 bits per heavy atom. The first-order chi connectivity index (χ1) is 17.1. The molecule has 1 N–H and O–H groups in total. The second kappa shape index (κ2) is 10.4. The van der Waals surface area contributed by atoms with Gasteiger partial charge in [0.1, 0.15) is 0 Å². The standard InChI is InChI=1S/C26H17ClN4O2S2.Na/c27-15-9-11-16(12-10-15)34-14-21-24(20-13-22(32)17-5-1-2-6-18(17)28-20)25(33)31(30-21)26-29-19-7-3-4-8-23(19)35-26;/h1-13,30H,14H2,(H,28,32);/q;+1/p-1. The summed E-state index contributed by atoms with van der Waals surface area (Å²) in [4.78, 5) is 24.0. The smallest absolute Gasteiger partial charge is 0.872 e. The molecule has 0 aliphatic heterocycles. The molecule has 0 amide bonds. The maximum Gasteiger partial charge on any atom is 1.00 e. The molecule has 0 saturated carbocycles. The van der Waals surface area contributed by atoms with Crippen molar-refractivity contribution in [3.05, 3.63) is 99.9 Å². The number of pyridine rings is 1. The van der Waals surface area contributed by atoms with Crippen LogP contribution in [0.3, 0.4) is 0 Å². The molecule has 3 aromatic carbocycles. The Morgan fingerprint density at radius 3 is 2.47 bits per heavy atom. The summed E-state index contributed by atoms with van der Waals surface area (Å²) in [6.07, 6.45) is 0. The molecule has 3 aromatic heterocycles. The monoisotopic (exact) mass is 538 g/mol. The van der Waals surface area contributed by atoms with Crippen LogP contribution in [0.5, 0.6) is 5.75 Å². The summed E-state index contributed by atoms with van der Waals surface area (Å²) in [5.41, 5.74) is 2.46. The molecule has 6 rings (SSSR count). The van der Waals surface area contributed by atoms with Gasteiger partial charge in [-0.25, -0.2) is 9.97 Å². The molecular formula is C26H16ClN4NaO2S2. The molecule has 0 bridgehead atoms. The van der Waals surface area contributed by atoms with E-state index in [0.29, 0.717) is 43.8 Å². The van der Waals surface area contributed by atoms with Gasteiger partial charge in [-0.05, 0) is 53.9 Å². The van der Waals surface area contributed by atoms with Gasteiger partial charge < -0.3 is 5.11 Å². The molecule has 36 heavy (non-hydrogen) atoms. The summed E-state index contributed by atoms with van der Waals surface area (Å²) < 4.78 is 2.42. The van der Waals surface area contributed by atoms with Crippen LogP contribution < -0.4 is 40.2 Å². The molecule has 0 unspecified atom stereocenters. The SMILES string of the molecule is O=c1c(-c2cc([O-])c3ccccc3n2)c(CSc2ccc(Cl)cc2)[nH]n1-c1nc2ccccc2s1.[Na+]. The fourth-order valence-electron chi connectivity index (χ4n) is 3.90. The van der Waals surface area contributed by atoms with Crippen molar-refractivity contribution < 1.29 is 34.7 Å². The molecule has 0 saturated heterocycles. The molecule has 0 radical (unpaired) electrons. The number of fused-ring (bicyclic) bond motifs is 2. The van der Waals surface area contributed by atoms with Crippen molar-refractivity contribution >= 4 is 55.8 Å². The third kappa shape index (κ3) is 4.72. The number of hydrogen-bond donors (Lipinski definition) is 1. The van der Waals surface area contributed by atoms with Crippen LogP contribution in [0.15, 0.2) is 88.6 Å². The van der Waals surface area contributed by atoms with Crippen molar-refractivity contribution in [3.8, 4) is 22.1 Å². The number of hydrogen-bond acceptors (Lipinski definition) is 6. The first-order valence-corrected chi connectivity index (χ1v) is 12.9. The summed E-state index contributed by atoms with van der Waals surface area (Å²) in [5, 5.41) is 17.8. The van der Waals surface area contributed by atoms with E-state index in [0.717, 1.165) is 15.1 Å². The summed E-state index contributed by atoms with van der Waals surface area (Å²) in [6.45, 7) is 0. The van der Waals surface area contributed by atoms with E-state index in [9.17, 15) is 9.90 Å². The quantitative estimate of drug-likeness (QED) is 0.269. The number of aromatic amines is 1. The van der Waals surface area contributed by atoms with E-state index >= 15 is 0 Å². The van der Waals surface area contributed by atoms with Crippen LogP contribution >= 0.6 is 34.7 Å². The van der Waals surface area contributed by atoms with Crippen LogP contribution in [0.4, 0.5) is 0 Å². The number of para-hydroxylation sites is 2. The van der Waals surface area contributed by atoms with Gasteiger partial charge in [0.05, 0.1) is 32.7 Å². The Labute approximate surface area is 241 Å². The van der Waals surface area contributed by atoms with Gasteiger partial charge in [0.2, 0.25) is 5.13 Å². The number of thiazole rings is 1. The summed E-state index contributed by atoms with van der Waals surface area (Å²) in [7, 11) is 0. The van der Waals surface area contributed by atoms with Gasteiger partial charge in [-0.1, -0.05) is 59.0 Å². The zero-order valence-electron chi connectivity index (χ0n) is 19.1. The first-order valence-electron chi connectivity index (χ1n) is 10.7. The molecule has 0 spiro atoms. The number of halogens is 1. The number of rotatable bonds is 5. The number of nitrogens with zero attached hydrogens (tertiary/aromatic N) is 3. The fourth-order valence-corrected chi connectivity index (χ4v) is 5.80. The minimum Gasteiger partial charge on any atom is -0.872 e. The predicted molar refractivity (Wildman–Crippen MR) is 141 cm³/mol. The Balaban J connectivity index is 0.00000267. The van der Waals surface area contributed by atoms with Crippen LogP contribution in [-0.2, 0) is 5.75 Å². The van der Waals surface area contributed by atoms with Crippen molar-refractivity contribution in [3.63, 3.8) is 0 Å². The van der Waals surface area contributed by atoms with Crippen molar-refractivity contribution in [2.75, 3.05) is 0 Å². The number of nitrogens with one attached hydrogen (secondary N) is 1. The van der Waals surface area contributed by atoms with Crippen molar-refractivity contribution in [2.24, 2.45) is 0 Å². The van der Waals surface area contributed by atoms with Gasteiger partial charge in [0, 0.05) is 15.7 Å². The zero-order chi connectivity index (χ0) is 23.9. The van der Waals surface area contributed by atoms with E-state index < -0.39 is 0 Å². The van der Waals surface area contributed by atoms with E-state index in [1.807, 2.05) is 54.6 Å². The van der Waals surface area contributed by atoms with Crippen LogP contribution in [0, 0.1) is 0 Å². The Bertz CT molecular complexity index is 1730. The second-order valence-corrected chi connectivity index (χ2v) is 10.3. The van der Waals surface area contributed by atoms with Gasteiger partial charge in [-0.3, -0.25) is 9.89 Å². The third-order valence-corrected chi connectivity index (χ3v) is 7.88. The molecule has 3 heterocycles. The predicted octanol–water partition coefficient (Wildman–Crippen LogP) is 3.01. The fraction of sp³-hybridized carbons (Fsp3) is 0.0385. The van der Waals surface area contributed by atoms with Crippen LogP contribution in [0.1, 0.15) is 5.69 Å². The van der Waals surface area contributed by atoms with Gasteiger partial charge in [0.25, 0.3) is 5.56 Å². The van der Waals surface area contributed by atoms with E-state index in [4.69, 9.17) is 11.6 Å². The van der Waals surface area contributed by atoms with Crippen molar-refractivity contribution in [2.45, 2.75) is 10.6 Å². The maximum atomic E-state index is 13.7. The minimum absolute atomic E-state index is 0. The molecule has 0 aliphatic rings. The normalized spacial score (nSPS) is 11.1. The zero-order valence-corrected chi connectivity index (χ0v) is 23.5. The molecular weight excluding hydrogens is 523 g/mol. The largest absolute Gasteiger partial charge is 1.00 e. The second-order valence-electron chi connectivity index (χ2n) is 7.84. The van der Waals surface area contributed by atoms with Crippen molar-refractivity contribution in [1.29, 1.82) is 0 Å². The van der Waals surface area contributed by atoms with Gasteiger partial charge >= 0.3 is 29.6 Å². The van der Waals surface area contributed by atoms with Crippen LogP contribution in [-0.4, -0.2) is 19.7 Å². The average molecular weight is 539 g/mol. The van der Waals surface area contributed by atoms with Crippen LogP contribution in [0.25, 0.3) is 37.5 Å². The first kappa shape index (κ1) is 25.1. The number of aromatic nitrogens is 4. The molecule has 0 fully saturated rings. The molecule has 10 heteroatoms. The van der Waals surface area contributed by atoms with E-state index in [1.165, 1.54) is 22.1 Å².